The molecule has 0 unspecified atom stereocenters. The third-order valence-electron chi connectivity index (χ3n) is 4.73. The molecule has 2 aromatic rings. The fraction of sp³-hybridized carbons (Fsp3) is 0.316. The van der Waals surface area contributed by atoms with E-state index in [9.17, 15) is 13.2 Å². The summed E-state index contributed by atoms with van der Waals surface area (Å²) < 4.78 is 25.2. The molecule has 1 aromatic heterocycles. The summed E-state index contributed by atoms with van der Waals surface area (Å²) >= 11 is 0. The van der Waals surface area contributed by atoms with Crippen LogP contribution in [0.5, 0.6) is 0 Å². The minimum atomic E-state index is -3.81. The predicted molar refractivity (Wildman–Crippen MR) is 105 cm³/mol. The molecule has 0 radical (unpaired) electrons. The third kappa shape index (κ3) is 4.66. The van der Waals surface area contributed by atoms with E-state index < -0.39 is 16.1 Å². The largest absolute Gasteiger partial charge is 0.465 e. The normalized spacial score (nSPS) is 16.0. The molecule has 1 aliphatic rings. The molecule has 148 valence electrons. The van der Waals surface area contributed by atoms with Crippen LogP contribution in [0.25, 0.3) is 0 Å². The van der Waals surface area contributed by atoms with Crippen LogP contribution in [0.1, 0.15) is 24.0 Å². The Balaban J connectivity index is 1.85. The van der Waals surface area contributed by atoms with E-state index in [0.717, 1.165) is 5.56 Å². The first-order chi connectivity index (χ1) is 13.4. The molecule has 28 heavy (non-hydrogen) atoms. The molecule has 0 spiro atoms. The quantitative estimate of drug-likeness (QED) is 0.589. The highest BCUT2D eigenvalue weighted by atomic mass is 32.2. The van der Waals surface area contributed by atoms with Gasteiger partial charge in [-0.15, -0.1) is 0 Å². The first-order valence-electron chi connectivity index (χ1n) is 8.91. The van der Waals surface area contributed by atoms with Crippen molar-refractivity contribution in [3.63, 3.8) is 0 Å². The van der Waals surface area contributed by atoms with Gasteiger partial charge < -0.3 is 10.0 Å². The molecule has 8 nitrogen and oxygen atoms in total. The number of amides is 1. The van der Waals surface area contributed by atoms with E-state index in [4.69, 9.17) is 5.11 Å². The van der Waals surface area contributed by atoms with Crippen LogP contribution in [0.4, 0.5) is 4.79 Å². The lowest BCUT2D eigenvalue weighted by molar-refractivity contribution is 0.131. The number of hydrogen-bond acceptors (Lipinski definition) is 5. The van der Waals surface area contributed by atoms with Gasteiger partial charge in [0, 0.05) is 37.0 Å². The van der Waals surface area contributed by atoms with Gasteiger partial charge in [-0.1, -0.05) is 17.7 Å². The van der Waals surface area contributed by atoms with Crippen LogP contribution >= 0.6 is 0 Å². The number of carbonyl (C=O) groups is 1. The zero-order valence-electron chi connectivity index (χ0n) is 15.4. The van der Waals surface area contributed by atoms with Gasteiger partial charge in [-0.2, -0.15) is 18.4 Å². The van der Waals surface area contributed by atoms with Crippen LogP contribution in [0, 0.1) is 12.8 Å². The first-order valence-corrected chi connectivity index (χ1v) is 10.4. The van der Waals surface area contributed by atoms with Crippen LogP contribution in [0.3, 0.4) is 0 Å². The van der Waals surface area contributed by atoms with E-state index in [1.807, 2.05) is 13.0 Å². The molecule has 1 aliphatic heterocycles. The van der Waals surface area contributed by atoms with Gasteiger partial charge in [0.2, 0.25) is 0 Å². The molecule has 3 rings (SSSR count). The van der Waals surface area contributed by atoms with Gasteiger partial charge in [-0.3, -0.25) is 4.98 Å². The van der Waals surface area contributed by atoms with Crippen molar-refractivity contribution >= 4 is 21.8 Å². The number of nitrogens with zero attached hydrogens (tertiary/aromatic N) is 3. The number of aryl methyl sites for hydroxylation is 1. The van der Waals surface area contributed by atoms with Crippen LogP contribution in [0.15, 0.2) is 58.8 Å². The van der Waals surface area contributed by atoms with Gasteiger partial charge in [0.1, 0.15) is 0 Å². The Morgan fingerprint density at radius 2 is 1.89 bits per heavy atom. The lowest BCUT2D eigenvalue weighted by Gasteiger charge is -2.30. The fourth-order valence-corrected chi connectivity index (χ4v) is 3.95. The van der Waals surface area contributed by atoms with E-state index in [1.54, 1.807) is 30.6 Å². The number of rotatable bonds is 5. The lowest BCUT2D eigenvalue weighted by Crippen LogP contribution is -2.40. The first kappa shape index (κ1) is 19.8. The Labute approximate surface area is 164 Å². The van der Waals surface area contributed by atoms with Crippen molar-refractivity contribution in [3.8, 4) is 0 Å². The van der Waals surface area contributed by atoms with Crippen molar-refractivity contribution in [3.05, 3.63) is 59.9 Å². The summed E-state index contributed by atoms with van der Waals surface area (Å²) in [6.07, 6.45) is 3.43. The van der Waals surface area contributed by atoms with E-state index in [-0.39, 0.29) is 10.8 Å². The molecule has 1 amide bonds. The van der Waals surface area contributed by atoms with Crippen molar-refractivity contribution < 1.29 is 18.3 Å². The van der Waals surface area contributed by atoms with Gasteiger partial charge >= 0.3 is 6.09 Å². The average molecular weight is 402 g/mol. The van der Waals surface area contributed by atoms with E-state index in [1.165, 1.54) is 17.0 Å². The average Bonchev–Trinajstić information content (AvgIpc) is 2.69. The van der Waals surface area contributed by atoms with Gasteiger partial charge in [-0.25, -0.2) is 4.79 Å². The number of nitrogens with one attached hydrogen (secondary N) is 1. The van der Waals surface area contributed by atoms with E-state index in [0.29, 0.717) is 37.2 Å². The number of carboxylic acid groups (broad SMARTS) is 1. The molecule has 2 N–H and O–H groups in total. The standard InChI is InChI=1S/C19H22N4O4S/c1-14-4-6-17(7-5-14)28(26,27)22-21-18(16-3-2-10-20-13-16)15-8-11-23(12-9-15)19(24)25/h2-7,10,13,15,22H,8-9,11-12H2,1H3,(H,24,25). The topological polar surface area (TPSA) is 112 Å². The summed E-state index contributed by atoms with van der Waals surface area (Å²) in [5, 5.41) is 13.4. The van der Waals surface area contributed by atoms with Gasteiger partial charge in [-0.05, 0) is 44.0 Å². The maximum Gasteiger partial charge on any atom is 0.407 e. The van der Waals surface area contributed by atoms with Crippen molar-refractivity contribution in [1.82, 2.24) is 14.7 Å². The SMILES string of the molecule is Cc1ccc(S(=O)(=O)NN=C(c2cccnc2)C2CCN(C(=O)O)CC2)cc1. The molecule has 1 aromatic carbocycles. The van der Waals surface area contributed by atoms with Crippen molar-refractivity contribution in [2.24, 2.45) is 11.0 Å². The Morgan fingerprint density at radius 3 is 2.46 bits per heavy atom. The number of aromatic nitrogens is 1. The second-order valence-corrected chi connectivity index (χ2v) is 8.35. The minimum Gasteiger partial charge on any atom is -0.465 e. The molecule has 2 heterocycles. The van der Waals surface area contributed by atoms with Crippen LogP contribution in [-0.4, -0.2) is 48.3 Å². The minimum absolute atomic E-state index is 0.0690. The number of piperidine rings is 1. The maximum atomic E-state index is 12.6. The molecular weight excluding hydrogens is 380 g/mol. The zero-order chi connectivity index (χ0) is 20.1. The Bertz CT molecular complexity index is 951. The summed E-state index contributed by atoms with van der Waals surface area (Å²) in [7, 11) is -3.81. The van der Waals surface area contributed by atoms with Gasteiger partial charge in [0.05, 0.1) is 10.6 Å². The Morgan fingerprint density at radius 1 is 1.21 bits per heavy atom. The highest BCUT2D eigenvalue weighted by Gasteiger charge is 2.27. The molecule has 1 fully saturated rings. The number of likely N-dealkylation sites (tertiary alicyclic amines) is 1. The maximum absolute atomic E-state index is 12.6. The number of sulfonamides is 1. The second-order valence-electron chi connectivity index (χ2n) is 6.69. The predicted octanol–water partition coefficient (Wildman–Crippen LogP) is 2.46. The van der Waals surface area contributed by atoms with Crippen molar-refractivity contribution in [1.29, 1.82) is 0 Å². The summed E-state index contributed by atoms with van der Waals surface area (Å²) in [5.74, 6) is -0.0690. The second kappa shape index (κ2) is 8.39. The molecule has 1 saturated heterocycles. The third-order valence-corrected chi connectivity index (χ3v) is 5.95. The van der Waals surface area contributed by atoms with Crippen LogP contribution in [-0.2, 0) is 10.0 Å². The zero-order valence-corrected chi connectivity index (χ0v) is 16.3. The van der Waals surface area contributed by atoms with Crippen molar-refractivity contribution in [2.45, 2.75) is 24.7 Å². The Kier molecular flexibility index (Phi) is 5.93. The summed E-state index contributed by atoms with van der Waals surface area (Å²) in [5.41, 5.74) is 2.24. The number of benzene rings is 1. The van der Waals surface area contributed by atoms with Crippen molar-refractivity contribution in [2.75, 3.05) is 13.1 Å². The number of pyridine rings is 1. The lowest BCUT2D eigenvalue weighted by atomic mass is 9.89. The Hall–Kier alpha value is -2.94. The number of hydrazone groups is 1. The van der Waals surface area contributed by atoms with Gasteiger partial charge in [0.15, 0.2) is 0 Å². The molecule has 0 bridgehead atoms. The monoisotopic (exact) mass is 402 g/mol. The molecule has 0 atom stereocenters. The highest BCUT2D eigenvalue weighted by molar-refractivity contribution is 7.89. The summed E-state index contributed by atoms with van der Waals surface area (Å²) in [6, 6.07) is 10.1. The molecule has 9 heteroatoms. The van der Waals surface area contributed by atoms with Crippen LogP contribution < -0.4 is 4.83 Å². The molecular formula is C19H22N4O4S. The fourth-order valence-electron chi connectivity index (χ4n) is 3.13. The summed E-state index contributed by atoms with van der Waals surface area (Å²) in [4.78, 5) is 19.0. The smallest absolute Gasteiger partial charge is 0.407 e. The highest BCUT2D eigenvalue weighted by Crippen LogP contribution is 2.22. The number of hydrogen-bond donors (Lipinski definition) is 2. The molecule has 0 saturated carbocycles. The van der Waals surface area contributed by atoms with Crippen LogP contribution in [0.2, 0.25) is 0 Å². The molecule has 0 aliphatic carbocycles. The van der Waals surface area contributed by atoms with Gasteiger partial charge in [0.25, 0.3) is 10.0 Å². The van der Waals surface area contributed by atoms with E-state index >= 15 is 0 Å². The summed E-state index contributed by atoms with van der Waals surface area (Å²) in [6.45, 7) is 2.64. The van der Waals surface area contributed by atoms with E-state index in [2.05, 4.69) is 14.9 Å².